The van der Waals surface area contributed by atoms with Gasteiger partial charge >= 0.3 is 0 Å². The molecule has 0 saturated carbocycles. The molecule has 0 saturated heterocycles. The zero-order valence-corrected chi connectivity index (χ0v) is 12.7. The highest BCUT2D eigenvalue weighted by Gasteiger charge is 2.19. The van der Waals surface area contributed by atoms with Crippen molar-refractivity contribution in [3.63, 3.8) is 0 Å². The van der Waals surface area contributed by atoms with Crippen LogP contribution in [0.2, 0.25) is 5.02 Å². The van der Waals surface area contributed by atoms with Gasteiger partial charge in [-0.15, -0.1) is 0 Å². The van der Waals surface area contributed by atoms with E-state index < -0.39 is 21.6 Å². The predicted molar refractivity (Wildman–Crippen MR) is 78.6 cm³/mol. The summed E-state index contributed by atoms with van der Waals surface area (Å²) < 4.78 is 11.2. The van der Waals surface area contributed by atoms with Crippen LogP contribution in [0.25, 0.3) is 0 Å². The smallest absolute Gasteiger partial charge is 0.288 e. The van der Waals surface area contributed by atoms with Crippen molar-refractivity contribution >= 4 is 34.0 Å². The number of hydrogen-bond acceptors (Lipinski definition) is 4. The van der Waals surface area contributed by atoms with E-state index in [1.165, 1.54) is 18.2 Å². The van der Waals surface area contributed by atoms with Crippen molar-refractivity contribution in [2.75, 3.05) is 12.8 Å². The van der Waals surface area contributed by atoms with Crippen LogP contribution in [-0.2, 0) is 10.8 Å². The number of rotatable bonds is 6. The minimum atomic E-state index is -0.950. The largest absolute Gasteiger partial charge is 0.352 e. The summed E-state index contributed by atoms with van der Waals surface area (Å²) >= 11 is 5.84. The predicted octanol–water partition coefficient (Wildman–Crippen LogP) is 2.14. The van der Waals surface area contributed by atoms with Gasteiger partial charge in [0.2, 0.25) is 0 Å². The van der Waals surface area contributed by atoms with Crippen molar-refractivity contribution in [3.8, 4) is 0 Å². The normalized spacial score (nSPS) is 13.6. The highest BCUT2D eigenvalue weighted by atomic mass is 35.5. The molecule has 0 aromatic heterocycles. The van der Waals surface area contributed by atoms with Gasteiger partial charge in [0.05, 0.1) is 10.5 Å². The molecule has 8 heteroatoms. The quantitative estimate of drug-likeness (QED) is 0.642. The average molecular weight is 319 g/mol. The lowest BCUT2D eigenvalue weighted by Crippen LogP contribution is -2.27. The molecule has 0 spiro atoms. The first kappa shape index (κ1) is 16.6. The second-order valence-corrected chi connectivity index (χ2v) is 6.43. The lowest BCUT2D eigenvalue weighted by molar-refractivity contribution is -0.384. The van der Waals surface area contributed by atoms with Crippen molar-refractivity contribution < 1.29 is 13.9 Å². The van der Waals surface area contributed by atoms with E-state index in [1.54, 1.807) is 6.26 Å². The summed E-state index contributed by atoms with van der Waals surface area (Å²) in [7, 11) is -0.950. The van der Waals surface area contributed by atoms with Crippen molar-refractivity contribution in [2.24, 2.45) is 0 Å². The number of amides is 1. The van der Waals surface area contributed by atoms with Crippen LogP contribution in [0.5, 0.6) is 0 Å². The van der Waals surface area contributed by atoms with Crippen LogP contribution in [0, 0.1) is 10.1 Å². The van der Waals surface area contributed by atoms with Crippen molar-refractivity contribution in [1.82, 2.24) is 5.32 Å². The topological polar surface area (TPSA) is 89.3 Å². The van der Waals surface area contributed by atoms with Crippen molar-refractivity contribution in [2.45, 2.75) is 18.6 Å². The van der Waals surface area contributed by atoms with Crippen LogP contribution < -0.4 is 5.32 Å². The molecule has 2 unspecified atom stereocenters. The van der Waals surface area contributed by atoms with Crippen LogP contribution in [-0.4, -0.2) is 33.1 Å². The number of hydrogen-bond donors (Lipinski definition) is 1. The van der Waals surface area contributed by atoms with E-state index in [9.17, 15) is 19.1 Å². The number of nitrogens with zero attached hydrogens (tertiary/aromatic N) is 1. The Morgan fingerprint density at radius 3 is 2.75 bits per heavy atom. The number of carbonyl (C=O) groups excluding carboxylic acids is 1. The molecule has 20 heavy (non-hydrogen) atoms. The molecule has 110 valence electrons. The van der Waals surface area contributed by atoms with Gasteiger partial charge in [-0.1, -0.05) is 24.6 Å². The molecule has 0 radical (unpaired) electrons. The van der Waals surface area contributed by atoms with Gasteiger partial charge in [-0.05, 0) is 12.5 Å². The Balaban J connectivity index is 2.71. The number of halogens is 1. The van der Waals surface area contributed by atoms with Crippen LogP contribution in [0.15, 0.2) is 18.2 Å². The highest BCUT2D eigenvalue weighted by Crippen LogP contribution is 2.27. The van der Waals surface area contributed by atoms with Crippen molar-refractivity contribution in [1.29, 1.82) is 0 Å². The first-order chi connectivity index (χ1) is 9.34. The maximum absolute atomic E-state index is 11.9. The second kappa shape index (κ2) is 7.35. The fourth-order valence-electron chi connectivity index (χ4n) is 1.49. The lowest BCUT2D eigenvalue weighted by atomic mass is 10.2. The molecule has 1 amide bonds. The highest BCUT2D eigenvalue weighted by molar-refractivity contribution is 7.84. The molecule has 0 fully saturated rings. The molecule has 2 atom stereocenters. The van der Waals surface area contributed by atoms with Crippen molar-refractivity contribution in [3.05, 3.63) is 38.9 Å². The summed E-state index contributed by atoms with van der Waals surface area (Å²) in [5.41, 5.74) is -0.242. The molecule has 0 aliphatic rings. The van der Waals surface area contributed by atoms with Gasteiger partial charge in [0, 0.05) is 34.9 Å². The molecule has 0 aliphatic carbocycles. The molecule has 1 rings (SSSR count). The SMILES string of the molecule is CC(CCNC(=O)c1cccc([N+](=O)[O-])c1Cl)S(C)=O. The van der Waals surface area contributed by atoms with E-state index in [2.05, 4.69) is 5.32 Å². The first-order valence-corrected chi connectivity index (χ1v) is 7.87. The number of carbonyl (C=O) groups is 1. The van der Waals surface area contributed by atoms with Crippen LogP contribution in [0.3, 0.4) is 0 Å². The molecule has 0 bridgehead atoms. The molecular weight excluding hydrogens is 304 g/mol. The Morgan fingerprint density at radius 2 is 2.20 bits per heavy atom. The summed E-state index contributed by atoms with van der Waals surface area (Å²) in [5.74, 6) is -0.479. The maximum atomic E-state index is 11.9. The zero-order valence-electron chi connectivity index (χ0n) is 11.1. The summed E-state index contributed by atoms with van der Waals surface area (Å²) in [5, 5.41) is 13.1. The third-order valence-corrected chi connectivity index (χ3v) is 4.59. The van der Waals surface area contributed by atoms with Gasteiger partial charge in [0.25, 0.3) is 11.6 Å². The third-order valence-electron chi connectivity index (χ3n) is 2.82. The van der Waals surface area contributed by atoms with Gasteiger partial charge < -0.3 is 5.32 Å². The van der Waals surface area contributed by atoms with E-state index in [0.717, 1.165) is 0 Å². The first-order valence-electron chi connectivity index (χ1n) is 5.88. The standard InChI is InChI=1S/C12H15ClN2O4S/c1-8(20(2)19)6-7-14-12(16)9-4-3-5-10(11(9)13)15(17)18/h3-5,8H,6-7H2,1-2H3,(H,14,16). The van der Waals surface area contributed by atoms with Gasteiger partial charge in [0.1, 0.15) is 5.02 Å². The Bertz CT molecular complexity index is 550. The van der Waals surface area contributed by atoms with Gasteiger partial charge in [-0.25, -0.2) is 0 Å². The fourth-order valence-corrected chi connectivity index (χ4v) is 2.22. The third kappa shape index (κ3) is 4.28. The second-order valence-electron chi connectivity index (χ2n) is 4.25. The van der Waals surface area contributed by atoms with Gasteiger partial charge in [-0.3, -0.25) is 19.1 Å². The van der Waals surface area contributed by atoms with E-state index in [0.29, 0.717) is 13.0 Å². The van der Waals surface area contributed by atoms with Crippen LogP contribution in [0.4, 0.5) is 5.69 Å². The zero-order chi connectivity index (χ0) is 15.3. The minimum absolute atomic E-state index is 0.0316. The van der Waals surface area contributed by atoms with E-state index in [4.69, 9.17) is 11.6 Å². The fraction of sp³-hybridized carbons (Fsp3) is 0.417. The summed E-state index contributed by atoms with van der Waals surface area (Å²) in [6.07, 6.45) is 2.16. The molecule has 0 heterocycles. The Labute approximate surface area is 124 Å². The summed E-state index contributed by atoms with van der Waals surface area (Å²) in [6.45, 7) is 2.15. The Hall–Kier alpha value is -1.47. The van der Waals surface area contributed by atoms with E-state index in [1.807, 2.05) is 6.92 Å². The molecule has 1 aromatic carbocycles. The van der Waals surface area contributed by atoms with E-state index in [-0.39, 0.29) is 21.5 Å². The Morgan fingerprint density at radius 1 is 1.55 bits per heavy atom. The average Bonchev–Trinajstić information content (AvgIpc) is 2.38. The number of nitro benzene ring substituents is 1. The van der Waals surface area contributed by atoms with Gasteiger partial charge in [-0.2, -0.15) is 0 Å². The maximum Gasteiger partial charge on any atom is 0.288 e. The molecule has 1 aromatic rings. The monoisotopic (exact) mass is 318 g/mol. The van der Waals surface area contributed by atoms with Gasteiger partial charge in [0.15, 0.2) is 0 Å². The molecule has 6 nitrogen and oxygen atoms in total. The minimum Gasteiger partial charge on any atom is -0.352 e. The molecular formula is C12H15ClN2O4S. The van der Waals surface area contributed by atoms with Crippen LogP contribution in [0.1, 0.15) is 23.7 Å². The molecule has 1 N–H and O–H groups in total. The van der Waals surface area contributed by atoms with E-state index >= 15 is 0 Å². The molecule has 0 aliphatic heterocycles. The summed E-state index contributed by atoms with van der Waals surface area (Å²) in [4.78, 5) is 22.0. The van der Waals surface area contributed by atoms with Crippen LogP contribution >= 0.6 is 11.6 Å². The Kier molecular flexibility index (Phi) is 6.09. The summed E-state index contributed by atoms with van der Waals surface area (Å²) in [6, 6.07) is 4.07. The number of benzene rings is 1. The number of nitro groups is 1. The number of nitrogens with one attached hydrogen (secondary N) is 1. The lowest BCUT2D eigenvalue weighted by Gasteiger charge is -2.10.